The van der Waals surface area contributed by atoms with Gasteiger partial charge in [-0.05, 0) is 31.7 Å². The summed E-state index contributed by atoms with van der Waals surface area (Å²) in [6.07, 6.45) is 21.1. The van der Waals surface area contributed by atoms with Crippen LogP contribution in [0.25, 0.3) is 0 Å². The minimum Gasteiger partial charge on any atom is -0.238 e. The van der Waals surface area contributed by atoms with E-state index in [0.717, 1.165) is 12.8 Å². The lowest BCUT2D eigenvalue weighted by Gasteiger charge is -2.07. The van der Waals surface area contributed by atoms with Gasteiger partial charge in [0.05, 0.1) is 0 Å². The number of hydrogen-bond donors (Lipinski definition) is 0. The molecule has 0 N–H and O–H groups in total. The Balaban J connectivity index is 2.19. The molecule has 0 saturated heterocycles. The summed E-state index contributed by atoms with van der Waals surface area (Å²) in [4.78, 5) is 9.07. The van der Waals surface area contributed by atoms with Crippen LogP contribution in [-0.4, -0.2) is 9.97 Å². The van der Waals surface area contributed by atoms with Gasteiger partial charge in [-0.2, -0.15) is 0 Å². The Kier molecular flexibility index (Phi) is 13.6. The first kappa shape index (κ1) is 22.1. The topological polar surface area (TPSA) is 25.8 Å². The molecule has 0 spiro atoms. The Bertz CT molecular complexity index is 392. The second-order valence-electron chi connectivity index (χ2n) is 7.51. The predicted molar refractivity (Wildman–Crippen MR) is 110 cm³/mol. The molecular formula is C23H41N2. The van der Waals surface area contributed by atoms with Crippen LogP contribution < -0.4 is 0 Å². The number of hydrogen-bond acceptors (Lipinski definition) is 2. The van der Waals surface area contributed by atoms with Crippen LogP contribution in [-0.2, 0) is 12.8 Å². The maximum absolute atomic E-state index is 4.54. The second kappa shape index (κ2) is 15.3. The molecule has 0 aromatic carbocycles. The lowest BCUT2D eigenvalue weighted by atomic mass is 10.1. The summed E-state index contributed by atoms with van der Waals surface area (Å²) in [5.41, 5.74) is 2.40. The van der Waals surface area contributed by atoms with Gasteiger partial charge in [-0.15, -0.1) is 0 Å². The normalized spacial score (nSPS) is 11.2. The molecule has 0 saturated carbocycles. The van der Waals surface area contributed by atoms with Gasteiger partial charge in [-0.3, -0.25) is 0 Å². The quantitative estimate of drug-likeness (QED) is 0.295. The molecule has 143 valence electrons. The monoisotopic (exact) mass is 345 g/mol. The molecule has 1 heterocycles. The van der Waals surface area contributed by atoms with Crippen molar-refractivity contribution in [2.75, 3.05) is 0 Å². The van der Waals surface area contributed by atoms with Crippen molar-refractivity contribution in [3.05, 3.63) is 30.2 Å². The average Bonchev–Trinajstić information content (AvgIpc) is 2.60. The first-order valence-corrected chi connectivity index (χ1v) is 10.9. The third-order valence-electron chi connectivity index (χ3n) is 4.95. The Morgan fingerprint density at radius 3 is 1.36 bits per heavy atom. The van der Waals surface area contributed by atoms with Crippen LogP contribution in [0.4, 0.5) is 0 Å². The largest absolute Gasteiger partial charge is 0.238 e. The van der Waals surface area contributed by atoms with E-state index in [2.05, 4.69) is 36.8 Å². The van der Waals surface area contributed by atoms with Crippen molar-refractivity contribution in [2.24, 2.45) is 0 Å². The van der Waals surface area contributed by atoms with E-state index in [1.54, 1.807) is 0 Å². The van der Waals surface area contributed by atoms with Crippen molar-refractivity contribution in [3.63, 3.8) is 0 Å². The van der Waals surface area contributed by atoms with E-state index < -0.39 is 0 Å². The van der Waals surface area contributed by atoms with Crippen LogP contribution in [0.3, 0.4) is 0 Å². The molecule has 0 fully saturated rings. The summed E-state index contributed by atoms with van der Waals surface area (Å²) in [6, 6.07) is 2.23. The third kappa shape index (κ3) is 12.1. The molecule has 1 rings (SSSR count). The maximum atomic E-state index is 4.54. The molecule has 2 nitrogen and oxygen atoms in total. The molecule has 1 aromatic heterocycles. The lowest BCUT2D eigenvalue weighted by Crippen LogP contribution is -2.01. The molecule has 1 aromatic rings. The van der Waals surface area contributed by atoms with E-state index >= 15 is 0 Å². The van der Waals surface area contributed by atoms with Gasteiger partial charge in [0.25, 0.3) is 0 Å². The highest BCUT2D eigenvalue weighted by Gasteiger charge is 2.03. The van der Waals surface area contributed by atoms with Gasteiger partial charge < -0.3 is 0 Å². The Hall–Kier alpha value is -0.920. The molecule has 0 aliphatic carbocycles. The number of aryl methyl sites for hydroxylation is 2. The highest BCUT2D eigenvalue weighted by molar-refractivity contribution is 5.13. The van der Waals surface area contributed by atoms with Crippen molar-refractivity contribution >= 4 is 0 Å². The number of unbranched alkanes of at least 4 members (excludes halogenated alkanes) is 12. The molecule has 0 aliphatic rings. The fourth-order valence-corrected chi connectivity index (χ4v) is 3.40. The average molecular weight is 346 g/mol. The maximum Gasteiger partial charge on any atom is 0.129 e. The standard InChI is InChI=1S/C23H41N2/c1-4-6-8-10-12-14-16-18-22-20-23(25-21(3)24-22)19-17-15-13-11-9-7-5-2/h20H,3-19H2,1-2H3. The van der Waals surface area contributed by atoms with Crippen molar-refractivity contribution in [3.8, 4) is 0 Å². The Labute approximate surface area is 157 Å². The number of rotatable bonds is 16. The molecule has 0 bridgehead atoms. The molecular weight excluding hydrogens is 304 g/mol. The third-order valence-corrected chi connectivity index (χ3v) is 4.95. The van der Waals surface area contributed by atoms with Crippen LogP contribution in [0.5, 0.6) is 0 Å². The van der Waals surface area contributed by atoms with Gasteiger partial charge >= 0.3 is 0 Å². The first-order valence-electron chi connectivity index (χ1n) is 10.9. The molecule has 2 heteroatoms. The predicted octanol–water partition coefficient (Wildman–Crippen LogP) is 7.24. The summed E-state index contributed by atoms with van der Waals surface area (Å²) < 4.78 is 0. The molecule has 1 radical (unpaired) electrons. The summed E-state index contributed by atoms with van der Waals surface area (Å²) in [7, 11) is 0. The van der Waals surface area contributed by atoms with Crippen LogP contribution in [0.1, 0.15) is 121 Å². The number of aromatic nitrogens is 2. The first-order chi connectivity index (χ1) is 12.3. The van der Waals surface area contributed by atoms with Crippen molar-refractivity contribution < 1.29 is 0 Å². The van der Waals surface area contributed by atoms with E-state index in [-0.39, 0.29) is 0 Å². The minimum absolute atomic E-state index is 0.707. The minimum atomic E-state index is 0.707. The SMILES string of the molecule is [CH2]c1nc(CCCCCCCCC)cc(CCCCCCCCC)n1. The fraction of sp³-hybridized carbons (Fsp3) is 0.783. The number of nitrogens with zero attached hydrogens (tertiary/aromatic N) is 2. The van der Waals surface area contributed by atoms with Crippen molar-refractivity contribution in [1.29, 1.82) is 0 Å². The lowest BCUT2D eigenvalue weighted by molar-refractivity contribution is 0.583. The molecule has 0 amide bonds. The van der Waals surface area contributed by atoms with Crippen LogP contribution >= 0.6 is 0 Å². The van der Waals surface area contributed by atoms with E-state index in [1.165, 1.54) is 101 Å². The van der Waals surface area contributed by atoms with Gasteiger partial charge in [0.1, 0.15) is 5.82 Å². The fourth-order valence-electron chi connectivity index (χ4n) is 3.40. The smallest absolute Gasteiger partial charge is 0.129 e. The van der Waals surface area contributed by atoms with E-state index in [0.29, 0.717) is 5.82 Å². The molecule has 25 heavy (non-hydrogen) atoms. The van der Waals surface area contributed by atoms with Crippen LogP contribution in [0.15, 0.2) is 6.07 Å². The highest BCUT2D eigenvalue weighted by atomic mass is 14.9. The summed E-state index contributed by atoms with van der Waals surface area (Å²) in [6.45, 7) is 8.52. The molecule has 0 aliphatic heterocycles. The zero-order valence-corrected chi connectivity index (χ0v) is 17.0. The zero-order valence-electron chi connectivity index (χ0n) is 17.0. The summed E-state index contributed by atoms with van der Waals surface area (Å²) in [5.74, 6) is 0.707. The van der Waals surface area contributed by atoms with Gasteiger partial charge in [-0.25, -0.2) is 9.97 Å². The van der Waals surface area contributed by atoms with Crippen LogP contribution in [0.2, 0.25) is 0 Å². The van der Waals surface area contributed by atoms with Gasteiger partial charge in [-0.1, -0.05) is 90.9 Å². The van der Waals surface area contributed by atoms with E-state index in [9.17, 15) is 0 Å². The van der Waals surface area contributed by atoms with E-state index in [4.69, 9.17) is 0 Å². The van der Waals surface area contributed by atoms with E-state index in [1.807, 2.05) is 0 Å². The van der Waals surface area contributed by atoms with Gasteiger partial charge in [0.2, 0.25) is 0 Å². The zero-order chi connectivity index (χ0) is 18.2. The van der Waals surface area contributed by atoms with Crippen LogP contribution in [0, 0.1) is 6.92 Å². The summed E-state index contributed by atoms with van der Waals surface area (Å²) in [5, 5.41) is 0. The molecule has 0 unspecified atom stereocenters. The highest BCUT2D eigenvalue weighted by Crippen LogP contribution is 2.13. The molecule has 0 atom stereocenters. The van der Waals surface area contributed by atoms with Gasteiger partial charge in [0, 0.05) is 18.3 Å². The second-order valence-corrected chi connectivity index (χ2v) is 7.51. The van der Waals surface area contributed by atoms with Crippen molar-refractivity contribution in [2.45, 2.75) is 117 Å². The summed E-state index contributed by atoms with van der Waals surface area (Å²) >= 11 is 0. The Morgan fingerprint density at radius 1 is 0.600 bits per heavy atom. The van der Waals surface area contributed by atoms with Gasteiger partial charge in [0.15, 0.2) is 0 Å². The Morgan fingerprint density at radius 2 is 0.960 bits per heavy atom. The van der Waals surface area contributed by atoms with Crippen molar-refractivity contribution in [1.82, 2.24) is 9.97 Å².